The van der Waals surface area contributed by atoms with Crippen LogP contribution in [0.1, 0.15) is 26.2 Å². The van der Waals surface area contributed by atoms with Crippen molar-refractivity contribution in [2.24, 2.45) is 0 Å². The molecule has 7 heteroatoms. The Kier molecular flexibility index (Phi) is 7.50. The molecule has 1 unspecified atom stereocenters. The number of hydrogen-bond acceptors (Lipinski definition) is 3. The smallest absolute Gasteiger partial charge is 0.320 e. The van der Waals surface area contributed by atoms with Crippen molar-refractivity contribution >= 4 is 40.8 Å². The summed E-state index contributed by atoms with van der Waals surface area (Å²) in [7, 11) is 0. The zero-order valence-electron chi connectivity index (χ0n) is 11.7. The van der Waals surface area contributed by atoms with Gasteiger partial charge >= 0.3 is 5.97 Å². The molecule has 0 aliphatic carbocycles. The van der Waals surface area contributed by atoms with E-state index in [2.05, 4.69) is 10.6 Å². The number of carboxylic acid groups (broad SMARTS) is 1. The van der Waals surface area contributed by atoms with Gasteiger partial charge in [0.15, 0.2) is 0 Å². The Labute approximate surface area is 133 Å². The first kappa shape index (κ1) is 17.8. The number of aliphatic carboxylic acids is 1. The molecular formula is C14H18Cl2N2O3. The van der Waals surface area contributed by atoms with Crippen LogP contribution >= 0.6 is 23.2 Å². The van der Waals surface area contributed by atoms with E-state index in [9.17, 15) is 9.59 Å². The Bertz CT molecular complexity index is 509. The van der Waals surface area contributed by atoms with E-state index in [-0.39, 0.29) is 18.9 Å². The molecule has 1 atom stereocenters. The molecule has 0 heterocycles. The summed E-state index contributed by atoms with van der Waals surface area (Å²) in [5.74, 6) is -1.16. The summed E-state index contributed by atoms with van der Waals surface area (Å²) in [6.45, 7) is 2.19. The zero-order valence-corrected chi connectivity index (χ0v) is 13.2. The summed E-state index contributed by atoms with van der Waals surface area (Å²) in [5, 5.41) is 15.3. The van der Waals surface area contributed by atoms with Crippen LogP contribution in [0.4, 0.5) is 5.69 Å². The van der Waals surface area contributed by atoms with Gasteiger partial charge in [-0.15, -0.1) is 0 Å². The summed E-state index contributed by atoms with van der Waals surface area (Å²) in [6.07, 6.45) is 1.43. The third-order valence-electron chi connectivity index (χ3n) is 2.82. The number of carbonyl (C=O) groups is 2. The highest BCUT2D eigenvalue weighted by Gasteiger charge is 2.15. The van der Waals surface area contributed by atoms with Crippen LogP contribution in [0, 0.1) is 0 Å². The second-order valence-electron chi connectivity index (χ2n) is 4.56. The fourth-order valence-corrected chi connectivity index (χ4v) is 2.10. The quantitative estimate of drug-likeness (QED) is 0.683. The molecule has 5 nitrogen and oxygen atoms in total. The molecule has 0 aliphatic rings. The molecule has 21 heavy (non-hydrogen) atoms. The molecule has 0 spiro atoms. The van der Waals surface area contributed by atoms with Crippen LogP contribution in [0.2, 0.25) is 10.0 Å². The molecule has 1 rings (SSSR count). The van der Waals surface area contributed by atoms with Crippen molar-refractivity contribution in [3.05, 3.63) is 28.2 Å². The average molecular weight is 333 g/mol. The first-order valence-corrected chi connectivity index (χ1v) is 7.40. The number of amides is 1. The molecule has 1 amide bonds. The number of benzene rings is 1. The van der Waals surface area contributed by atoms with E-state index in [4.69, 9.17) is 28.3 Å². The molecule has 1 aromatic rings. The number of anilines is 1. The van der Waals surface area contributed by atoms with Crippen molar-refractivity contribution in [3.63, 3.8) is 0 Å². The fourth-order valence-electron chi connectivity index (χ4n) is 1.77. The van der Waals surface area contributed by atoms with Crippen LogP contribution in [-0.2, 0) is 9.59 Å². The van der Waals surface area contributed by atoms with Crippen molar-refractivity contribution in [3.8, 4) is 0 Å². The third kappa shape index (κ3) is 6.33. The molecule has 1 aromatic carbocycles. The van der Waals surface area contributed by atoms with E-state index in [1.165, 1.54) is 0 Å². The van der Waals surface area contributed by atoms with Gasteiger partial charge in [0.2, 0.25) is 5.91 Å². The number of nitrogens with one attached hydrogen (secondary N) is 2. The van der Waals surface area contributed by atoms with Crippen molar-refractivity contribution < 1.29 is 14.7 Å². The van der Waals surface area contributed by atoms with Crippen molar-refractivity contribution in [1.82, 2.24) is 5.32 Å². The van der Waals surface area contributed by atoms with Gasteiger partial charge < -0.3 is 15.7 Å². The van der Waals surface area contributed by atoms with E-state index < -0.39 is 12.0 Å². The second-order valence-corrected chi connectivity index (χ2v) is 5.40. The topological polar surface area (TPSA) is 78.4 Å². The monoisotopic (exact) mass is 332 g/mol. The minimum absolute atomic E-state index is 0.149. The van der Waals surface area contributed by atoms with Gasteiger partial charge in [-0.1, -0.05) is 36.5 Å². The standard InChI is InChI=1S/C14H18Cl2N2O3/c1-2-3-11(14(20)21)17-7-6-13(19)18-12-8-9(15)4-5-10(12)16/h4-5,8,11,17H,2-3,6-7H2,1H3,(H,18,19)(H,20,21). The van der Waals surface area contributed by atoms with Crippen LogP contribution in [0.15, 0.2) is 18.2 Å². The molecule has 3 N–H and O–H groups in total. The fraction of sp³-hybridized carbons (Fsp3) is 0.429. The maximum Gasteiger partial charge on any atom is 0.320 e. The predicted molar refractivity (Wildman–Crippen MR) is 84.0 cm³/mol. The Morgan fingerprint density at radius 2 is 2.05 bits per heavy atom. The lowest BCUT2D eigenvalue weighted by molar-refractivity contribution is -0.139. The second kappa shape index (κ2) is 8.87. The number of halogens is 2. The van der Waals surface area contributed by atoms with E-state index >= 15 is 0 Å². The highest BCUT2D eigenvalue weighted by atomic mass is 35.5. The SMILES string of the molecule is CCCC(NCCC(=O)Nc1cc(Cl)ccc1Cl)C(=O)O. The number of carboxylic acids is 1. The molecule has 0 saturated heterocycles. The van der Waals surface area contributed by atoms with Gasteiger partial charge in [-0.3, -0.25) is 9.59 Å². The average Bonchev–Trinajstić information content (AvgIpc) is 2.41. The van der Waals surface area contributed by atoms with Crippen LogP contribution in [-0.4, -0.2) is 29.6 Å². The molecule has 0 aromatic heterocycles. The van der Waals surface area contributed by atoms with Crippen LogP contribution in [0.5, 0.6) is 0 Å². The van der Waals surface area contributed by atoms with E-state index in [1.54, 1.807) is 18.2 Å². The Morgan fingerprint density at radius 1 is 1.33 bits per heavy atom. The summed E-state index contributed by atoms with van der Waals surface area (Å²) in [5.41, 5.74) is 0.442. The van der Waals surface area contributed by atoms with Gasteiger partial charge in [-0.2, -0.15) is 0 Å². The normalized spacial score (nSPS) is 12.0. The summed E-state index contributed by atoms with van der Waals surface area (Å²) >= 11 is 11.8. The van der Waals surface area contributed by atoms with Crippen LogP contribution in [0.3, 0.4) is 0 Å². The minimum Gasteiger partial charge on any atom is -0.480 e. The Balaban J connectivity index is 2.44. The van der Waals surface area contributed by atoms with Gasteiger partial charge in [-0.05, 0) is 24.6 Å². The lowest BCUT2D eigenvalue weighted by Crippen LogP contribution is -2.38. The minimum atomic E-state index is -0.907. The molecule has 0 radical (unpaired) electrons. The lowest BCUT2D eigenvalue weighted by atomic mass is 10.1. The van der Waals surface area contributed by atoms with E-state index in [0.29, 0.717) is 22.2 Å². The molecule has 0 saturated carbocycles. The van der Waals surface area contributed by atoms with E-state index in [1.807, 2.05) is 6.92 Å². The first-order valence-electron chi connectivity index (χ1n) is 6.65. The Hall–Kier alpha value is -1.30. The van der Waals surface area contributed by atoms with Crippen molar-refractivity contribution in [2.75, 3.05) is 11.9 Å². The summed E-state index contributed by atoms with van der Waals surface area (Å²) < 4.78 is 0. The number of carbonyl (C=O) groups excluding carboxylic acids is 1. The molecule has 0 aliphatic heterocycles. The summed E-state index contributed by atoms with van der Waals surface area (Å²) in [6, 6.07) is 4.16. The number of rotatable bonds is 8. The lowest BCUT2D eigenvalue weighted by Gasteiger charge is -2.13. The molecule has 0 fully saturated rings. The molecular weight excluding hydrogens is 315 g/mol. The van der Waals surface area contributed by atoms with E-state index in [0.717, 1.165) is 6.42 Å². The first-order chi connectivity index (χ1) is 9.93. The van der Waals surface area contributed by atoms with Crippen molar-refractivity contribution in [1.29, 1.82) is 0 Å². The van der Waals surface area contributed by atoms with Gasteiger partial charge in [0.1, 0.15) is 6.04 Å². The summed E-state index contributed by atoms with van der Waals surface area (Å²) in [4.78, 5) is 22.7. The maximum absolute atomic E-state index is 11.8. The molecule has 0 bridgehead atoms. The molecule has 116 valence electrons. The zero-order chi connectivity index (χ0) is 15.8. The van der Waals surface area contributed by atoms with Gasteiger partial charge in [-0.25, -0.2) is 0 Å². The largest absolute Gasteiger partial charge is 0.480 e. The van der Waals surface area contributed by atoms with Crippen LogP contribution < -0.4 is 10.6 Å². The maximum atomic E-state index is 11.8. The number of hydrogen-bond donors (Lipinski definition) is 3. The predicted octanol–water partition coefficient (Wildman–Crippen LogP) is 3.16. The van der Waals surface area contributed by atoms with Gasteiger partial charge in [0, 0.05) is 18.0 Å². The van der Waals surface area contributed by atoms with Gasteiger partial charge in [0.25, 0.3) is 0 Å². The van der Waals surface area contributed by atoms with Gasteiger partial charge in [0.05, 0.1) is 10.7 Å². The van der Waals surface area contributed by atoms with Crippen LogP contribution in [0.25, 0.3) is 0 Å². The highest BCUT2D eigenvalue weighted by molar-refractivity contribution is 6.35. The third-order valence-corrected chi connectivity index (χ3v) is 3.39. The highest BCUT2D eigenvalue weighted by Crippen LogP contribution is 2.25. The Morgan fingerprint density at radius 3 is 2.67 bits per heavy atom. The van der Waals surface area contributed by atoms with Crippen molar-refractivity contribution in [2.45, 2.75) is 32.2 Å².